The topological polar surface area (TPSA) is 135 Å². The minimum atomic E-state index is -3.87. The Morgan fingerprint density at radius 3 is 2.67 bits per heavy atom. The number of fused-ring (bicyclic) bond motifs is 1. The number of nitrogens with one attached hydrogen (secondary N) is 2. The van der Waals surface area contributed by atoms with E-state index in [-0.39, 0.29) is 16.5 Å². The van der Waals surface area contributed by atoms with Crippen molar-refractivity contribution in [1.82, 2.24) is 25.1 Å². The van der Waals surface area contributed by atoms with E-state index in [1.54, 1.807) is 24.5 Å². The van der Waals surface area contributed by atoms with E-state index in [1.807, 2.05) is 6.07 Å². The molecule has 11 nitrogen and oxygen atoms in total. The van der Waals surface area contributed by atoms with Gasteiger partial charge in [0.15, 0.2) is 11.5 Å². The van der Waals surface area contributed by atoms with Crippen LogP contribution >= 0.6 is 0 Å². The second kappa shape index (κ2) is 8.64. The molecule has 5 heterocycles. The van der Waals surface area contributed by atoms with Crippen LogP contribution in [0.5, 0.6) is 5.88 Å². The van der Waals surface area contributed by atoms with Crippen LogP contribution in [-0.2, 0) is 14.8 Å². The highest BCUT2D eigenvalue weighted by Crippen LogP contribution is 2.32. The fourth-order valence-electron chi connectivity index (χ4n) is 3.62. The smallest absolute Gasteiger partial charge is 0.263 e. The number of morpholine rings is 1. The van der Waals surface area contributed by atoms with Gasteiger partial charge in [0.05, 0.1) is 25.7 Å². The van der Waals surface area contributed by atoms with Crippen molar-refractivity contribution >= 4 is 32.6 Å². The van der Waals surface area contributed by atoms with Crippen molar-refractivity contribution in [1.29, 1.82) is 0 Å². The summed E-state index contributed by atoms with van der Waals surface area (Å²) in [5.74, 6) is 0.958. The number of pyridine rings is 3. The van der Waals surface area contributed by atoms with Crippen LogP contribution in [-0.4, -0.2) is 67.0 Å². The molecule has 1 aliphatic rings. The molecule has 1 aliphatic heterocycles. The molecule has 0 aromatic carbocycles. The Labute approximate surface area is 189 Å². The van der Waals surface area contributed by atoms with Crippen LogP contribution in [0.1, 0.15) is 0 Å². The Kier molecular flexibility index (Phi) is 5.52. The first-order valence-corrected chi connectivity index (χ1v) is 11.7. The number of hydrogen-bond acceptors (Lipinski definition) is 9. The number of aromatic nitrogens is 5. The van der Waals surface area contributed by atoms with E-state index in [0.717, 1.165) is 29.9 Å². The standard InChI is InChI=1S/C21H21N7O4S/c1-31-21-18(27-33(29,30)16-3-2-4-22-13-16)10-15(12-24-21)14-9-17-19(23-11-14)25-26-20(17)28-5-7-32-8-6-28/h2-4,9-13,27H,5-8H2,1H3,(H,23,25,26). The highest BCUT2D eigenvalue weighted by Gasteiger charge is 2.20. The van der Waals surface area contributed by atoms with Gasteiger partial charge in [-0.1, -0.05) is 0 Å². The van der Waals surface area contributed by atoms with Crippen LogP contribution in [0.3, 0.4) is 0 Å². The van der Waals surface area contributed by atoms with E-state index in [4.69, 9.17) is 9.47 Å². The molecule has 0 spiro atoms. The lowest BCUT2D eigenvalue weighted by molar-refractivity contribution is 0.122. The molecule has 1 fully saturated rings. The molecular formula is C21H21N7O4S. The fraction of sp³-hybridized carbons (Fsp3) is 0.238. The van der Waals surface area contributed by atoms with E-state index in [1.165, 1.54) is 25.6 Å². The lowest BCUT2D eigenvalue weighted by Crippen LogP contribution is -2.36. The summed E-state index contributed by atoms with van der Waals surface area (Å²) in [6.45, 7) is 2.78. The minimum absolute atomic E-state index is 0.0362. The molecule has 0 unspecified atom stereocenters. The lowest BCUT2D eigenvalue weighted by atomic mass is 10.1. The van der Waals surface area contributed by atoms with Crippen molar-refractivity contribution in [3.8, 4) is 17.0 Å². The van der Waals surface area contributed by atoms with Crippen molar-refractivity contribution in [3.05, 3.63) is 49.1 Å². The van der Waals surface area contributed by atoms with Gasteiger partial charge in [0, 0.05) is 49.0 Å². The molecule has 33 heavy (non-hydrogen) atoms. The molecule has 0 amide bonds. The number of methoxy groups -OCH3 is 1. The van der Waals surface area contributed by atoms with E-state index >= 15 is 0 Å². The zero-order valence-electron chi connectivity index (χ0n) is 17.7. The molecule has 4 aromatic rings. The maximum atomic E-state index is 12.8. The Morgan fingerprint density at radius 2 is 1.91 bits per heavy atom. The van der Waals surface area contributed by atoms with Crippen LogP contribution in [0.15, 0.2) is 53.9 Å². The fourth-order valence-corrected chi connectivity index (χ4v) is 4.63. The quantitative estimate of drug-likeness (QED) is 0.437. The monoisotopic (exact) mass is 467 g/mol. The van der Waals surface area contributed by atoms with Gasteiger partial charge in [0.2, 0.25) is 5.88 Å². The summed E-state index contributed by atoms with van der Waals surface area (Å²) in [6.07, 6.45) is 6.08. The highest BCUT2D eigenvalue weighted by molar-refractivity contribution is 7.92. The molecule has 0 saturated carbocycles. The predicted molar refractivity (Wildman–Crippen MR) is 122 cm³/mol. The molecule has 0 atom stereocenters. The molecule has 170 valence electrons. The molecule has 0 aliphatic carbocycles. The second-order valence-corrected chi connectivity index (χ2v) is 9.02. The van der Waals surface area contributed by atoms with Crippen LogP contribution in [0.2, 0.25) is 0 Å². The van der Waals surface area contributed by atoms with Crippen molar-refractivity contribution in [2.24, 2.45) is 0 Å². The Hall–Kier alpha value is -3.77. The maximum Gasteiger partial charge on any atom is 0.263 e. The first kappa shape index (κ1) is 21.1. The molecule has 0 radical (unpaired) electrons. The number of nitrogens with zero attached hydrogens (tertiary/aromatic N) is 5. The van der Waals surface area contributed by atoms with Crippen LogP contribution < -0.4 is 14.4 Å². The summed E-state index contributed by atoms with van der Waals surface area (Å²) in [5.41, 5.74) is 2.30. The number of aromatic amines is 1. The van der Waals surface area contributed by atoms with E-state index in [0.29, 0.717) is 24.4 Å². The van der Waals surface area contributed by atoms with Gasteiger partial charge < -0.3 is 14.4 Å². The number of anilines is 2. The third kappa shape index (κ3) is 4.17. The third-order valence-corrected chi connectivity index (χ3v) is 6.62. The molecule has 12 heteroatoms. The van der Waals surface area contributed by atoms with Crippen LogP contribution in [0, 0.1) is 0 Å². The van der Waals surface area contributed by atoms with Crippen molar-refractivity contribution in [2.75, 3.05) is 43.0 Å². The number of hydrogen-bond donors (Lipinski definition) is 2. The summed E-state index contributed by atoms with van der Waals surface area (Å²) < 4.78 is 38.9. The predicted octanol–water partition coefficient (Wildman–Crippen LogP) is 2.06. The number of rotatable bonds is 6. The van der Waals surface area contributed by atoms with Crippen molar-refractivity contribution < 1.29 is 17.9 Å². The van der Waals surface area contributed by atoms with Crippen molar-refractivity contribution in [3.63, 3.8) is 0 Å². The first-order chi connectivity index (χ1) is 16.0. The van der Waals surface area contributed by atoms with E-state index < -0.39 is 10.0 Å². The second-order valence-electron chi connectivity index (χ2n) is 7.34. The SMILES string of the molecule is COc1ncc(-c2cnc3[nH]nc(N4CCOCC4)c3c2)cc1NS(=O)(=O)c1cccnc1. The third-order valence-electron chi connectivity index (χ3n) is 5.27. The van der Waals surface area contributed by atoms with Gasteiger partial charge >= 0.3 is 0 Å². The zero-order chi connectivity index (χ0) is 22.8. The number of sulfonamides is 1. The summed E-state index contributed by atoms with van der Waals surface area (Å²) in [4.78, 5) is 14.8. The average molecular weight is 468 g/mol. The highest BCUT2D eigenvalue weighted by atomic mass is 32.2. The van der Waals surface area contributed by atoms with E-state index in [2.05, 4.69) is 34.8 Å². The summed E-state index contributed by atoms with van der Waals surface area (Å²) in [6, 6.07) is 6.64. The molecule has 2 N–H and O–H groups in total. The van der Waals surface area contributed by atoms with Gasteiger partial charge in [-0.3, -0.25) is 14.8 Å². The molecule has 4 aromatic heterocycles. The minimum Gasteiger partial charge on any atom is -0.480 e. The molecule has 1 saturated heterocycles. The average Bonchev–Trinajstić information content (AvgIpc) is 3.28. The van der Waals surface area contributed by atoms with Gasteiger partial charge in [-0.2, -0.15) is 5.10 Å². The Bertz CT molecular complexity index is 1390. The molecule has 5 rings (SSSR count). The van der Waals surface area contributed by atoms with Crippen LogP contribution in [0.4, 0.5) is 11.5 Å². The largest absolute Gasteiger partial charge is 0.480 e. The zero-order valence-corrected chi connectivity index (χ0v) is 18.5. The number of H-pyrrole nitrogens is 1. The van der Waals surface area contributed by atoms with Crippen LogP contribution in [0.25, 0.3) is 22.2 Å². The Morgan fingerprint density at radius 1 is 1.12 bits per heavy atom. The normalized spacial score (nSPS) is 14.4. The lowest BCUT2D eigenvalue weighted by Gasteiger charge is -2.26. The maximum absolute atomic E-state index is 12.8. The summed E-state index contributed by atoms with van der Waals surface area (Å²) >= 11 is 0. The van der Waals surface area contributed by atoms with Gasteiger partial charge in [0.25, 0.3) is 10.0 Å². The summed E-state index contributed by atoms with van der Waals surface area (Å²) in [7, 11) is -2.45. The van der Waals surface area contributed by atoms with Crippen molar-refractivity contribution in [2.45, 2.75) is 4.90 Å². The van der Waals surface area contributed by atoms with Gasteiger partial charge in [-0.15, -0.1) is 0 Å². The first-order valence-electron chi connectivity index (χ1n) is 10.2. The van der Waals surface area contributed by atoms with Gasteiger partial charge in [0.1, 0.15) is 10.6 Å². The number of ether oxygens (including phenoxy) is 2. The van der Waals surface area contributed by atoms with E-state index in [9.17, 15) is 8.42 Å². The van der Waals surface area contributed by atoms with Gasteiger partial charge in [-0.05, 0) is 24.3 Å². The summed E-state index contributed by atoms with van der Waals surface area (Å²) in [5, 5.41) is 8.26. The molecular weight excluding hydrogens is 446 g/mol. The Balaban J connectivity index is 1.52. The van der Waals surface area contributed by atoms with Gasteiger partial charge in [-0.25, -0.2) is 18.4 Å². The molecule has 0 bridgehead atoms.